The van der Waals surface area contributed by atoms with Gasteiger partial charge in [0, 0.05) is 38.3 Å². The Morgan fingerprint density at radius 1 is 1.33 bits per heavy atom. The van der Waals surface area contributed by atoms with E-state index in [-0.39, 0.29) is 0 Å². The fourth-order valence-electron chi connectivity index (χ4n) is 1.57. The van der Waals surface area contributed by atoms with Gasteiger partial charge in [-0.05, 0) is 39.0 Å². The molecular weight excluding hydrogens is 264 g/mol. The monoisotopic (exact) mass is 288 g/mol. The number of amides is 1. The fourth-order valence-corrected chi connectivity index (χ4v) is 1.57. The zero-order chi connectivity index (χ0) is 15.9. The molecule has 0 heterocycles. The van der Waals surface area contributed by atoms with E-state index in [9.17, 15) is 4.79 Å². The smallest absolute Gasteiger partial charge is 0.407 e. The van der Waals surface area contributed by atoms with Crippen LogP contribution in [0.2, 0.25) is 0 Å². The number of anilines is 1. The van der Waals surface area contributed by atoms with Gasteiger partial charge in [-0.3, -0.25) is 0 Å². The van der Waals surface area contributed by atoms with Crippen molar-refractivity contribution in [1.29, 1.82) is 0 Å². The van der Waals surface area contributed by atoms with E-state index in [1.54, 1.807) is 0 Å². The first kappa shape index (κ1) is 16.9. The van der Waals surface area contributed by atoms with Gasteiger partial charge in [-0.25, -0.2) is 4.79 Å². The molecule has 0 bridgehead atoms. The highest BCUT2D eigenvalue weighted by Gasteiger charge is 2.15. The largest absolute Gasteiger partial charge is 0.444 e. The first-order valence-corrected chi connectivity index (χ1v) is 7.01. The molecule has 1 N–H and O–H groups in total. The molecule has 0 aliphatic rings. The highest BCUT2D eigenvalue weighted by molar-refractivity contribution is 5.67. The minimum atomic E-state index is -0.470. The van der Waals surface area contributed by atoms with Crippen molar-refractivity contribution in [2.24, 2.45) is 0 Å². The van der Waals surface area contributed by atoms with E-state index in [0.717, 1.165) is 11.3 Å². The number of carbonyl (C=O) groups is 1. The highest BCUT2D eigenvalue weighted by atomic mass is 16.6. The molecule has 0 saturated carbocycles. The third kappa shape index (κ3) is 7.26. The second-order valence-corrected chi connectivity index (χ2v) is 5.93. The standard InChI is InChI=1S/C17H24N2O2/c1-17(2,3)21-16(20)18-12-7-6-9-14-10-8-11-15(13-14)19(4)5/h8,10-11,13H,7,12H2,1-5H3,(H,18,20). The second kappa shape index (κ2) is 7.58. The lowest BCUT2D eigenvalue weighted by Crippen LogP contribution is -2.32. The van der Waals surface area contributed by atoms with Crippen LogP contribution in [0.4, 0.5) is 10.5 Å². The summed E-state index contributed by atoms with van der Waals surface area (Å²) in [6.07, 6.45) is 0.185. The summed E-state index contributed by atoms with van der Waals surface area (Å²) in [4.78, 5) is 13.5. The SMILES string of the molecule is CN(C)c1cccc(C#CCCNC(=O)OC(C)(C)C)c1. The summed E-state index contributed by atoms with van der Waals surface area (Å²) < 4.78 is 5.14. The molecule has 0 fully saturated rings. The molecule has 0 spiro atoms. The van der Waals surface area contributed by atoms with E-state index >= 15 is 0 Å². The van der Waals surface area contributed by atoms with E-state index in [1.165, 1.54) is 0 Å². The Morgan fingerprint density at radius 2 is 2.05 bits per heavy atom. The van der Waals surface area contributed by atoms with Crippen molar-refractivity contribution in [3.8, 4) is 11.8 Å². The van der Waals surface area contributed by atoms with Crippen molar-refractivity contribution >= 4 is 11.8 Å². The predicted molar refractivity (Wildman–Crippen MR) is 86.5 cm³/mol. The summed E-state index contributed by atoms with van der Waals surface area (Å²) >= 11 is 0. The molecule has 1 aromatic carbocycles. The molecule has 0 atom stereocenters. The molecule has 0 aliphatic carbocycles. The van der Waals surface area contributed by atoms with Crippen LogP contribution in [0.15, 0.2) is 24.3 Å². The van der Waals surface area contributed by atoms with E-state index in [1.807, 2.05) is 64.0 Å². The highest BCUT2D eigenvalue weighted by Crippen LogP contribution is 2.12. The van der Waals surface area contributed by atoms with E-state index < -0.39 is 11.7 Å². The Kier molecular flexibility index (Phi) is 6.10. The average Bonchev–Trinajstić information content (AvgIpc) is 2.36. The molecule has 1 amide bonds. The van der Waals surface area contributed by atoms with Gasteiger partial charge < -0.3 is 15.0 Å². The molecule has 1 rings (SSSR count). The summed E-state index contributed by atoms with van der Waals surface area (Å²) in [5.41, 5.74) is 1.62. The first-order chi connectivity index (χ1) is 9.78. The molecule has 0 saturated heterocycles. The van der Waals surface area contributed by atoms with E-state index in [4.69, 9.17) is 4.74 Å². The van der Waals surface area contributed by atoms with Gasteiger partial charge in [0.05, 0.1) is 0 Å². The summed E-state index contributed by atoms with van der Waals surface area (Å²) in [6.45, 7) is 5.99. The van der Waals surface area contributed by atoms with Gasteiger partial charge in [0.1, 0.15) is 5.60 Å². The van der Waals surface area contributed by atoms with Gasteiger partial charge in [0.25, 0.3) is 0 Å². The Bertz CT molecular complexity index is 534. The Labute approximate surface area is 127 Å². The van der Waals surface area contributed by atoms with Gasteiger partial charge in [0.2, 0.25) is 0 Å². The summed E-state index contributed by atoms with van der Waals surface area (Å²) in [5, 5.41) is 2.68. The van der Waals surface area contributed by atoms with Crippen molar-refractivity contribution in [2.75, 3.05) is 25.5 Å². The molecule has 114 valence electrons. The molecule has 4 nitrogen and oxygen atoms in total. The third-order valence-electron chi connectivity index (χ3n) is 2.51. The maximum atomic E-state index is 11.4. The van der Waals surface area contributed by atoms with Crippen LogP contribution < -0.4 is 10.2 Å². The van der Waals surface area contributed by atoms with Crippen LogP contribution in [-0.4, -0.2) is 32.3 Å². The summed E-state index contributed by atoms with van der Waals surface area (Å²) in [5.74, 6) is 6.14. The molecule has 0 aromatic heterocycles. The topological polar surface area (TPSA) is 41.6 Å². The minimum absolute atomic E-state index is 0.404. The zero-order valence-corrected chi connectivity index (χ0v) is 13.5. The molecule has 4 heteroatoms. The van der Waals surface area contributed by atoms with Crippen LogP contribution >= 0.6 is 0 Å². The molecular formula is C17H24N2O2. The fraction of sp³-hybridized carbons (Fsp3) is 0.471. The van der Waals surface area contributed by atoms with Gasteiger partial charge in [-0.2, -0.15) is 0 Å². The van der Waals surface area contributed by atoms with Crippen LogP contribution in [-0.2, 0) is 4.74 Å². The van der Waals surface area contributed by atoms with Gasteiger partial charge >= 0.3 is 6.09 Å². The zero-order valence-electron chi connectivity index (χ0n) is 13.5. The normalized spacial score (nSPS) is 10.3. The molecule has 0 radical (unpaired) electrons. The second-order valence-electron chi connectivity index (χ2n) is 5.93. The summed E-state index contributed by atoms with van der Waals surface area (Å²) in [7, 11) is 3.99. The molecule has 1 aromatic rings. The maximum absolute atomic E-state index is 11.4. The number of benzene rings is 1. The van der Waals surface area contributed by atoms with Crippen molar-refractivity contribution in [1.82, 2.24) is 5.32 Å². The van der Waals surface area contributed by atoms with Crippen molar-refractivity contribution < 1.29 is 9.53 Å². The van der Waals surface area contributed by atoms with Crippen LogP contribution in [0.3, 0.4) is 0 Å². The van der Waals surface area contributed by atoms with Gasteiger partial charge in [0.15, 0.2) is 0 Å². The third-order valence-corrected chi connectivity index (χ3v) is 2.51. The lowest BCUT2D eigenvalue weighted by atomic mass is 10.2. The molecule has 21 heavy (non-hydrogen) atoms. The maximum Gasteiger partial charge on any atom is 0.407 e. The minimum Gasteiger partial charge on any atom is -0.444 e. The summed E-state index contributed by atoms with van der Waals surface area (Å²) in [6, 6.07) is 8.03. The van der Waals surface area contributed by atoms with Crippen LogP contribution in [0.1, 0.15) is 32.8 Å². The number of nitrogens with zero attached hydrogens (tertiary/aromatic N) is 1. The van der Waals surface area contributed by atoms with E-state index in [2.05, 4.69) is 17.2 Å². The number of rotatable bonds is 3. The van der Waals surface area contributed by atoms with Gasteiger partial charge in [-0.1, -0.05) is 17.9 Å². The lowest BCUT2D eigenvalue weighted by molar-refractivity contribution is 0.0529. The first-order valence-electron chi connectivity index (χ1n) is 7.01. The van der Waals surface area contributed by atoms with Crippen molar-refractivity contribution in [2.45, 2.75) is 32.8 Å². The Balaban J connectivity index is 2.40. The number of hydrogen-bond donors (Lipinski definition) is 1. The number of hydrogen-bond acceptors (Lipinski definition) is 3. The van der Waals surface area contributed by atoms with Crippen LogP contribution in [0.5, 0.6) is 0 Å². The number of nitrogens with one attached hydrogen (secondary N) is 1. The van der Waals surface area contributed by atoms with Crippen molar-refractivity contribution in [3.63, 3.8) is 0 Å². The quantitative estimate of drug-likeness (QED) is 0.686. The number of ether oxygens (including phenoxy) is 1. The number of alkyl carbamates (subject to hydrolysis) is 1. The Morgan fingerprint density at radius 3 is 2.67 bits per heavy atom. The van der Waals surface area contributed by atoms with Crippen LogP contribution in [0, 0.1) is 11.8 Å². The molecule has 0 aliphatic heterocycles. The van der Waals surface area contributed by atoms with Crippen molar-refractivity contribution in [3.05, 3.63) is 29.8 Å². The lowest BCUT2D eigenvalue weighted by Gasteiger charge is -2.19. The Hall–Kier alpha value is -2.15. The molecule has 0 unspecified atom stereocenters. The van der Waals surface area contributed by atoms with Gasteiger partial charge in [-0.15, -0.1) is 0 Å². The van der Waals surface area contributed by atoms with E-state index in [0.29, 0.717) is 13.0 Å². The number of carbonyl (C=O) groups excluding carboxylic acids is 1. The average molecular weight is 288 g/mol. The predicted octanol–water partition coefficient (Wildman–Crippen LogP) is 3.02. The van der Waals surface area contributed by atoms with Crippen LogP contribution in [0.25, 0.3) is 0 Å².